The van der Waals surface area contributed by atoms with Crippen LogP contribution in [0.1, 0.15) is 32.6 Å². The molecule has 0 aliphatic rings. The number of carbonyl (C=O) groups excluding carboxylic acids is 1. The average Bonchev–Trinajstić information content (AvgIpc) is 3.08. The first-order valence-corrected chi connectivity index (χ1v) is 9.55. The lowest BCUT2D eigenvalue weighted by atomic mass is 10.0. The number of aliphatic carboxylic acids is 1. The Morgan fingerprint density at radius 1 is 1.21 bits per heavy atom. The molecule has 1 amide bonds. The van der Waals surface area contributed by atoms with E-state index in [1.807, 2.05) is 0 Å². The minimum atomic E-state index is -1.19. The minimum absolute atomic E-state index is 0.162. The molecule has 3 rings (SSSR count). The molecular formula is C19H20N4O4S. The predicted molar refractivity (Wildman–Crippen MR) is 106 cm³/mol. The summed E-state index contributed by atoms with van der Waals surface area (Å²) in [6.45, 7) is 5.60. The van der Waals surface area contributed by atoms with Crippen LogP contribution in [0.15, 0.2) is 34.3 Å². The molecule has 0 unspecified atom stereocenters. The summed E-state index contributed by atoms with van der Waals surface area (Å²) >= 11 is 1.46. The second-order valence-corrected chi connectivity index (χ2v) is 7.51. The number of aryl methyl sites for hydroxylation is 3. The van der Waals surface area contributed by atoms with E-state index in [0.717, 1.165) is 0 Å². The number of carboxylic acids is 1. The number of aromatic nitrogens is 3. The lowest BCUT2D eigenvalue weighted by molar-refractivity contribution is -0.135. The number of hydrogen-bond acceptors (Lipinski definition) is 5. The fourth-order valence-electron chi connectivity index (χ4n) is 3.12. The summed E-state index contributed by atoms with van der Waals surface area (Å²) in [5.41, 5.74) is 4.23. The number of nitrogens with one attached hydrogen (secondary N) is 2. The maximum absolute atomic E-state index is 12.5. The van der Waals surface area contributed by atoms with Gasteiger partial charge in [0.15, 0.2) is 11.1 Å². The van der Waals surface area contributed by atoms with Crippen molar-refractivity contribution in [3.8, 4) is 0 Å². The summed E-state index contributed by atoms with van der Waals surface area (Å²) in [7, 11) is 0. The van der Waals surface area contributed by atoms with E-state index in [4.69, 9.17) is 5.11 Å². The van der Waals surface area contributed by atoms with Gasteiger partial charge in [-0.1, -0.05) is 17.7 Å². The van der Waals surface area contributed by atoms with Gasteiger partial charge in [0, 0.05) is 11.8 Å². The van der Waals surface area contributed by atoms with Crippen molar-refractivity contribution in [1.29, 1.82) is 0 Å². The Kier molecular flexibility index (Phi) is 5.55. The molecule has 0 saturated carbocycles. The molecule has 28 heavy (non-hydrogen) atoms. The Bertz CT molecular complexity index is 1110. The summed E-state index contributed by atoms with van der Waals surface area (Å²) < 4.78 is 1.56. The van der Waals surface area contributed by atoms with E-state index >= 15 is 0 Å². The fourth-order valence-corrected chi connectivity index (χ4v) is 4.32. The first-order valence-electron chi connectivity index (χ1n) is 8.56. The molecule has 0 aliphatic heterocycles. The van der Waals surface area contributed by atoms with E-state index in [2.05, 4.69) is 48.3 Å². The second-order valence-electron chi connectivity index (χ2n) is 6.51. The molecular weight excluding hydrogens is 380 g/mol. The highest BCUT2D eigenvalue weighted by molar-refractivity contribution is 7.98. The van der Waals surface area contributed by atoms with Crippen molar-refractivity contribution in [2.24, 2.45) is 0 Å². The number of H-pyrrole nitrogens is 1. The third-order valence-corrected chi connectivity index (χ3v) is 5.39. The molecule has 146 valence electrons. The maximum Gasteiger partial charge on any atom is 0.322 e. The molecule has 0 bridgehead atoms. The van der Waals surface area contributed by atoms with Crippen LogP contribution in [0.2, 0.25) is 0 Å². The highest BCUT2D eigenvalue weighted by atomic mass is 32.2. The number of rotatable bonds is 6. The molecule has 0 aliphatic carbocycles. The molecule has 3 aromatic rings. The second kappa shape index (κ2) is 7.89. The molecule has 2 heterocycles. The van der Waals surface area contributed by atoms with Gasteiger partial charge < -0.3 is 10.4 Å². The van der Waals surface area contributed by atoms with Gasteiger partial charge in [0.05, 0.1) is 0 Å². The lowest BCUT2D eigenvalue weighted by Gasteiger charge is -2.12. The third kappa shape index (κ3) is 3.94. The van der Waals surface area contributed by atoms with Crippen molar-refractivity contribution in [2.75, 3.05) is 6.54 Å². The van der Waals surface area contributed by atoms with Crippen molar-refractivity contribution >= 4 is 29.3 Å². The summed E-state index contributed by atoms with van der Waals surface area (Å²) in [6.07, 6.45) is 1.38. The van der Waals surface area contributed by atoms with Crippen molar-refractivity contribution in [1.82, 2.24) is 19.9 Å². The summed E-state index contributed by atoms with van der Waals surface area (Å²) in [6, 6.07) is 5.61. The standard InChI is InChI=1S/C19H20N4O4S/c1-10-4-11(2)13(12(3)5-10)8-28-15-6-14(24)17(18-21-9-22-23(15)18)19(27)20-7-16(25)26/h4-6,9H,7-8H2,1-3H3,(H,20,27)(H,21,22)(H,25,26). The van der Waals surface area contributed by atoms with Crippen LogP contribution in [0.5, 0.6) is 0 Å². The number of hydrogen-bond donors (Lipinski definition) is 3. The molecule has 9 heteroatoms. The van der Waals surface area contributed by atoms with Gasteiger partial charge in [-0.2, -0.15) is 0 Å². The summed E-state index contributed by atoms with van der Waals surface area (Å²) in [4.78, 5) is 39.5. The number of aromatic amines is 1. The maximum atomic E-state index is 12.5. The number of thioether (sulfide) groups is 1. The Hall–Kier alpha value is -3.07. The molecule has 0 spiro atoms. The lowest BCUT2D eigenvalue weighted by Crippen LogP contribution is -2.33. The third-order valence-electron chi connectivity index (χ3n) is 4.36. The van der Waals surface area contributed by atoms with E-state index < -0.39 is 23.9 Å². The van der Waals surface area contributed by atoms with E-state index in [1.54, 1.807) is 4.52 Å². The molecule has 1 aromatic carbocycles. The van der Waals surface area contributed by atoms with Crippen molar-refractivity contribution in [3.63, 3.8) is 0 Å². The minimum Gasteiger partial charge on any atom is -0.480 e. The van der Waals surface area contributed by atoms with E-state index in [0.29, 0.717) is 10.8 Å². The highest BCUT2D eigenvalue weighted by Gasteiger charge is 2.20. The van der Waals surface area contributed by atoms with Crippen LogP contribution < -0.4 is 10.7 Å². The summed E-state index contributed by atoms with van der Waals surface area (Å²) in [5, 5.41) is 14.4. The predicted octanol–water partition coefficient (Wildman–Crippen LogP) is 2.05. The zero-order valence-corrected chi connectivity index (χ0v) is 16.5. The zero-order chi connectivity index (χ0) is 20.4. The van der Waals surface area contributed by atoms with Gasteiger partial charge in [-0.3, -0.25) is 19.5 Å². The normalized spacial score (nSPS) is 11.0. The molecule has 0 saturated heterocycles. The SMILES string of the molecule is Cc1cc(C)c(CSc2cc(=O)c(C(=O)NCC(=O)O)c3nc[nH]n23)c(C)c1. The fraction of sp³-hybridized carbons (Fsp3) is 0.263. The van der Waals surface area contributed by atoms with Gasteiger partial charge in [-0.25, -0.2) is 9.50 Å². The number of fused-ring (bicyclic) bond motifs is 1. The van der Waals surface area contributed by atoms with Crippen LogP contribution in [0.4, 0.5) is 0 Å². The van der Waals surface area contributed by atoms with E-state index in [1.165, 1.54) is 46.4 Å². The van der Waals surface area contributed by atoms with E-state index in [9.17, 15) is 14.4 Å². The smallest absolute Gasteiger partial charge is 0.322 e. The van der Waals surface area contributed by atoms with Gasteiger partial charge in [-0.05, 0) is 37.5 Å². The zero-order valence-electron chi connectivity index (χ0n) is 15.7. The number of nitrogens with zero attached hydrogens (tertiary/aromatic N) is 2. The van der Waals surface area contributed by atoms with Crippen molar-refractivity contribution in [3.05, 3.63) is 62.6 Å². The van der Waals surface area contributed by atoms with Gasteiger partial charge in [0.2, 0.25) is 0 Å². The first-order chi connectivity index (χ1) is 13.3. The molecule has 3 N–H and O–H groups in total. The number of carboxylic acid groups (broad SMARTS) is 1. The van der Waals surface area contributed by atoms with Crippen molar-refractivity contribution < 1.29 is 14.7 Å². The van der Waals surface area contributed by atoms with Crippen LogP contribution in [-0.4, -0.2) is 38.1 Å². The number of pyridine rings is 1. The Balaban J connectivity index is 1.93. The topological polar surface area (TPSA) is 117 Å². The Labute approximate surface area is 165 Å². The number of amides is 1. The van der Waals surface area contributed by atoms with E-state index in [-0.39, 0.29) is 11.2 Å². The summed E-state index contributed by atoms with van der Waals surface area (Å²) in [5.74, 6) is -1.30. The molecule has 0 atom stereocenters. The van der Waals surface area contributed by atoms with Gasteiger partial charge in [-0.15, -0.1) is 11.8 Å². The number of carbonyl (C=O) groups is 2. The molecule has 2 aromatic heterocycles. The number of benzene rings is 1. The Morgan fingerprint density at radius 3 is 2.54 bits per heavy atom. The van der Waals surface area contributed by atoms with Gasteiger partial charge in [0.25, 0.3) is 5.91 Å². The largest absolute Gasteiger partial charge is 0.480 e. The van der Waals surface area contributed by atoms with Gasteiger partial charge in [0.1, 0.15) is 23.5 Å². The first kappa shape index (κ1) is 19.7. The monoisotopic (exact) mass is 400 g/mol. The average molecular weight is 400 g/mol. The molecule has 0 radical (unpaired) electrons. The van der Waals surface area contributed by atoms with Gasteiger partial charge >= 0.3 is 5.97 Å². The van der Waals surface area contributed by atoms with Crippen LogP contribution in [0.3, 0.4) is 0 Å². The van der Waals surface area contributed by atoms with Crippen LogP contribution in [0.25, 0.3) is 5.65 Å². The Morgan fingerprint density at radius 2 is 1.89 bits per heavy atom. The highest BCUT2D eigenvalue weighted by Crippen LogP contribution is 2.27. The van der Waals surface area contributed by atoms with Crippen LogP contribution in [-0.2, 0) is 10.5 Å². The van der Waals surface area contributed by atoms with Crippen molar-refractivity contribution in [2.45, 2.75) is 31.6 Å². The molecule has 8 nitrogen and oxygen atoms in total. The van der Waals surface area contributed by atoms with Crippen LogP contribution in [0, 0.1) is 20.8 Å². The molecule has 0 fully saturated rings. The van der Waals surface area contributed by atoms with Crippen LogP contribution >= 0.6 is 11.8 Å². The quantitative estimate of drug-likeness (QED) is 0.545.